The van der Waals surface area contributed by atoms with Gasteiger partial charge in [-0.1, -0.05) is 35.9 Å². The molecule has 0 spiro atoms. The topological polar surface area (TPSA) is 44.1 Å². The zero-order chi connectivity index (χ0) is 18.4. The molecule has 4 nitrogen and oxygen atoms in total. The monoisotopic (exact) mass is 388 g/mol. The van der Waals surface area contributed by atoms with Crippen LogP contribution < -0.4 is 10.3 Å². The summed E-state index contributed by atoms with van der Waals surface area (Å²) in [4.78, 5) is 16.4. The van der Waals surface area contributed by atoms with Crippen molar-refractivity contribution in [2.24, 2.45) is 0 Å². The zero-order valence-corrected chi connectivity index (χ0v) is 15.6. The van der Waals surface area contributed by atoms with Crippen molar-refractivity contribution in [2.75, 3.05) is 0 Å². The molecule has 0 atom stereocenters. The minimum absolute atomic E-state index is 0.0936. The summed E-state index contributed by atoms with van der Waals surface area (Å²) in [5.74, 6) is 1.03. The van der Waals surface area contributed by atoms with E-state index in [2.05, 4.69) is 4.98 Å². The molecule has 3 aromatic rings. The highest BCUT2D eigenvalue weighted by Gasteiger charge is 2.02. The molecule has 0 saturated carbocycles. The number of alkyl halides is 1. The molecule has 0 saturated heterocycles. The van der Waals surface area contributed by atoms with Gasteiger partial charge in [0.15, 0.2) is 0 Å². The Labute approximate surface area is 162 Å². The predicted molar refractivity (Wildman–Crippen MR) is 104 cm³/mol. The first-order valence-corrected chi connectivity index (χ1v) is 9.13. The van der Waals surface area contributed by atoms with Crippen LogP contribution in [0.1, 0.15) is 16.8 Å². The predicted octanol–water partition coefficient (Wildman–Crippen LogP) is 4.46. The van der Waals surface area contributed by atoms with Gasteiger partial charge in [0, 0.05) is 30.9 Å². The molecular weight excluding hydrogens is 371 g/mol. The lowest BCUT2D eigenvalue weighted by molar-refractivity contribution is 0.300. The normalized spacial score (nSPS) is 10.7. The molecule has 0 amide bonds. The maximum Gasteiger partial charge on any atom is 0.254 e. The highest BCUT2D eigenvalue weighted by Crippen LogP contribution is 2.12. The summed E-state index contributed by atoms with van der Waals surface area (Å²) in [5, 5.41) is 0.577. The molecule has 134 valence electrons. The van der Waals surface area contributed by atoms with Gasteiger partial charge in [-0.25, -0.2) is 0 Å². The van der Waals surface area contributed by atoms with Gasteiger partial charge in [0.2, 0.25) is 0 Å². The summed E-state index contributed by atoms with van der Waals surface area (Å²) in [6.45, 7) is 0.894. The van der Waals surface area contributed by atoms with Crippen molar-refractivity contribution in [1.29, 1.82) is 0 Å². The number of nitrogens with zero attached hydrogens (tertiary/aromatic N) is 2. The molecule has 6 heteroatoms. The number of hydrogen-bond donors (Lipinski definition) is 0. The summed E-state index contributed by atoms with van der Waals surface area (Å²) in [7, 11) is 0. The van der Waals surface area contributed by atoms with E-state index in [-0.39, 0.29) is 12.2 Å². The standard InChI is InChI=1S/C20H18Cl2N2O2/c21-12-16-3-1-15(2-4-16)7-9-24-10-8-19(11-20(24)25)26-14-18-6-5-17(22)13-23-18/h1-6,8,10-11,13H,7,9,12,14H2. The van der Waals surface area contributed by atoms with Crippen LogP contribution in [0.25, 0.3) is 0 Å². The highest BCUT2D eigenvalue weighted by atomic mass is 35.5. The Balaban J connectivity index is 1.58. The van der Waals surface area contributed by atoms with Crippen LogP contribution >= 0.6 is 23.2 Å². The van der Waals surface area contributed by atoms with Crippen molar-refractivity contribution in [3.8, 4) is 5.75 Å². The second-order valence-corrected chi connectivity index (χ2v) is 6.55. The van der Waals surface area contributed by atoms with Crippen LogP contribution in [0.4, 0.5) is 0 Å². The van der Waals surface area contributed by atoms with E-state index in [1.54, 1.807) is 35.2 Å². The number of halogens is 2. The summed E-state index contributed by atoms with van der Waals surface area (Å²) in [6, 6.07) is 14.9. The fourth-order valence-corrected chi connectivity index (χ4v) is 2.75. The summed E-state index contributed by atoms with van der Waals surface area (Å²) in [6.07, 6.45) is 4.09. The van der Waals surface area contributed by atoms with Gasteiger partial charge in [0.1, 0.15) is 12.4 Å². The smallest absolute Gasteiger partial charge is 0.254 e. The second-order valence-electron chi connectivity index (χ2n) is 5.85. The van der Waals surface area contributed by atoms with Crippen molar-refractivity contribution in [2.45, 2.75) is 25.5 Å². The molecule has 0 radical (unpaired) electrons. The Morgan fingerprint density at radius 2 is 1.81 bits per heavy atom. The minimum atomic E-state index is -0.0936. The molecule has 0 bridgehead atoms. The van der Waals surface area contributed by atoms with Crippen LogP contribution in [-0.4, -0.2) is 9.55 Å². The molecule has 1 aromatic carbocycles. The van der Waals surface area contributed by atoms with E-state index in [9.17, 15) is 4.79 Å². The van der Waals surface area contributed by atoms with E-state index in [0.29, 0.717) is 23.2 Å². The van der Waals surface area contributed by atoms with Crippen LogP contribution in [0.2, 0.25) is 5.02 Å². The molecule has 26 heavy (non-hydrogen) atoms. The van der Waals surface area contributed by atoms with Crippen molar-refractivity contribution >= 4 is 23.2 Å². The Bertz CT molecular complexity index is 906. The second kappa shape index (κ2) is 8.88. The molecule has 0 aliphatic carbocycles. The van der Waals surface area contributed by atoms with Crippen molar-refractivity contribution < 1.29 is 4.74 Å². The van der Waals surface area contributed by atoms with Gasteiger partial charge in [0.25, 0.3) is 5.56 Å². The summed E-state index contributed by atoms with van der Waals surface area (Å²) < 4.78 is 7.29. The molecule has 2 aromatic heterocycles. The minimum Gasteiger partial charge on any atom is -0.487 e. The molecule has 0 aliphatic rings. The zero-order valence-electron chi connectivity index (χ0n) is 14.1. The third-order valence-electron chi connectivity index (χ3n) is 3.96. The fourth-order valence-electron chi connectivity index (χ4n) is 2.46. The number of pyridine rings is 2. The van der Waals surface area contributed by atoms with Gasteiger partial charge in [-0.05, 0) is 35.7 Å². The fraction of sp³-hybridized carbons (Fsp3) is 0.200. The van der Waals surface area contributed by atoms with E-state index < -0.39 is 0 Å². The average molecular weight is 389 g/mol. The first kappa shape index (κ1) is 18.5. The van der Waals surface area contributed by atoms with Crippen molar-refractivity contribution in [1.82, 2.24) is 9.55 Å². The Morgan fingerprint density at radius 1 is 1.04 bits per heavy atom. The lowest BCUT2D eigenvalue weighted by Gasteiger charge is -2.09. The SMILES string of the molecule is O=c1cc(OCc2ccc(Cl)cn2)ccn1CCc1ccc(CCl)cc1. The molecule has 0 aliphatic heterocycles. The number of aromatic nitrogens is 2. The van der Waals surface area contributed by atoms with Crippen molar-refractivity contribution in [3.05, 3.63) is 93.1 Å². The first-order chi connectivity index (χ1) is 12.6. The third kappa shape index (κ3) is 5.10. The Morgan fingerprint density at radius 3 is 2.46 bits per heavy atom. The number of ether oxygens (including phenoxy) is 1. The van der Waals surface area contributed by atoms with Gasteiger partial charge in [0.05, 0.1) is 10.7 Å². The first-order valence-electron chi connectivity index (χ1n) is 8.21. The van der Waals surface area contributed by atoms with Crippen LogP contribution in [0.5, 0.6) is 5.75 Å². The van der Waals surface area contributed by atoms with E-state index in [0.717, 1.165) is 17.7 Å². The van der Waals surface area contributed by atoms with Gasteiger partial charge in [-0.2, -0.15) is 0 Å². The van der Waals surface area contributed by atoms with Crippen LogP contribution in [-0.2, 0) is 25.5 Å². The molecule has 3 rings (SSSR count). The van der Waals surface area contributed by atoms with Crippen LogP contribution in [0.3, 0.4) is 0 Å². The Hall–Kier alpha value is -2.30. The maximum absolute atomic E-state index is 12.3. The number of hydrogen-bond acceptors (Lipinski definition) is 3. The van der Waals surface area contributed by atoms with Crippen LogP contribution in [0.15, 0.2) is 65.7 Å². The van der Waals surface area contributed by atoms with E-state index >= 15 is 0 Å². The van der Waals surface area contributed by atoms with E-state index in [1.807, 2.05) is 24.3 Å². The number of benzene rings is 1. The van der Waals surface area contributed by atoms with E-state index in [4.69, 9.17) is 27.9 Å². The summed E-state index contributed by atoms with van der Waals surface area (Å²) in [5.41, 5.74) is 2.91. The molecular formula is C20H18Cl2N2O2. The van der Waals surface area contributed by atoms with Gasteiger partial charge >= 0.3 is 0 Å². The third-order valence-corrected chi connectivity index (χ3v) is 4.49. The summed E-state index contributed by atoms with van der Waals surface area (Å²) >= 11 is 11.6. The molecule has 0 N–H and O–H groups in total. The maximum atomic E-state index is 12.3. The lowest BCUT2D eigenvalue weighted by atomic mass is 10.1. The van der Waals surface area contributed by atoms with Gasteiger partial charge in [-0.3, -0.25) is 9.78 Å². The molecule has 2 heterocycles. The largest absolute Gasteiger partial charge is 0.487 e. The average Bonchev–Trinajstić information content (AvgIpc) is 2.67. The lowest BCUT2D eigenvalue weighted by Crippen LogP contribution is -2.19. The van der Waals surface area contributed by atoms with Crippen molar-refractivity contribution in [3.63, 3.8) is 0 Å². The number of aryl methyl sites for hydroxylation is 2. The Kier molecular flexibility index (Phi) is 6.31. The van der Waals surface area contributed by atoms with E-state index in [1.165, 1.54) is 11.6 Å². The molecule has 0 fully saturated rings. The quantitative estimate of drug-likeness (QED) is 0.561. The van der Waals surface area contributed by atoms with Crippen LogP contribution in [0, 0.1) is 0 Å². The molecule has 0 unspecified atom stereocenters. The highest BCUT2D eigenvalue weighted by molar-refractivity contribution is 6.30. The van der Waals surface area contributed by atoms with Gasteiger partial charge < -0.3 is 9.30 Å². The van der Waals surface area contributed by atoms with Gasteiger partial charge in [-0.15, -0.1) is 11.6 Å². The number of rotatable bonds is 7.